The number of likely N-dealkylation sites (tertiary alicyclic amines) is 1. The van der Waals surface area contributed by atoms with Crippen molar-refractivity contribution >= 4 is 28.3 Å². The minimum absolute atomic E-state index is 0.219. The van der Waals surface area contributed by atoms with E-state index in [1.807, 2.05) is 4.90 Å². The van der Waals surface area contributed by atoms with Crippen LogP contribution in [0, 0.1) is 5.92 Å². The van der Waals surface area contributed by atoms with Gasteiger partial charge in [-0.25, -0.2) is 9.97 Å². The van der Waals surface area contributed by atoms with E-state index in [0.717, 1.165) is 49.5 Å². The summed E-state index contributed by atoms with van der Waals surface area (Å²) in [7, 11) is 0. The van der Waals surface area contributed by atoms with E-state index in [9.17, 15) is 9.59 Å². The quantitative estimate of drug-likeness (QED) is 0.842. The molecule has 0 saturated carbocycles. The maximum atomic E-state index is 12.6. The van der Waals surface area contributed by atoms with Crippen molar-refractivity contribution in [2.75, 3.05) is 31.5 Å². The summed E-state index contributed by atoms with van der Waals surface area (Å²) in [6.07, 6.45) is 7.42. The van der Waals surface area contributed by atoms with Crippen molar-refractivity contribution in [2.24, 2.45) is 5.92 Å². The van der Waals surface area contributed by atoms with Gasteiger partial charge in [0.15, 0.2) is 5.13 Å². The summed E-state index contributed by atoms with van der Waals surface area (Å²) in [5.41, 5.74) is 1.27. The van der Waals surface area contributed by atoms with Gasteiger partial charge in [-0.05, 0) is 18.8 Å². The van der Waals surface area contributed by atoms with E-state index in [2.05, 4.69) is 32.1 Å². The number of carbonyl (C=O) groups excluding carboxylic acids is 2. The molecule has 2 aliphatic rings. The van der Waals surface area contributed by atoms with Crippen molar-refractivity contribution in [3.63, 3.8) is 0 Å². The highest BCUT2D eigenvalue weighted by Crippen LogP contribution is 2.28. The van der Waals surface area contributed by atoms with Crippen LogP contribution in [0.1, 0.15) is 40.8 Å². The predicted octanol–water partition coefficient (Wildman–Crippen LogP) is 1.80. The van der Waals surface area contributed by atoms with Crippen LogP contribution < -0.4 is 5.32 Å². The topological polar surface area (TPSA) is 91.3 Å². The van der Waals surface area contributed by atoms with Gasteiger partial charge >= 0.3 is 0 Å². The molecule has 28 heavy (non-hydrogen) atoms. The lowest BCUT2D eigenvalue weighted by Crippen LogP contribution is -2.44. The third kappa shape index (κ3) is 4.36. The molecule has 0 aromatic carbocycles. The summed E-state index contributed by atoms with van der Waals surface area (Å²) in [5, 5.41) is 3.37. The number of carbonyl (C=O) groups is 2. The molecule has 9 heteroatoms. The van der Waals surface area contributed by atoms with Crippen LogP contribution in [0.25, 0.3) is 0 Å². The largest absolute Gasteiger partial charge is 0.342 e. The van der Waals surface area contributed by atoms with Crippen molar-refractivity contribution < 1.29 is 9.59 Å². The van der Waals surface area contributed by atoms with Gasteiger partial charge in [0, 0.05) is 49.9 Å². The van der Waals surface area contributed by atoms with E-state index in [1.54, 1.807) is 0 Å². The van der Waals surface area contributed by atoms with E-state index in [4.69, 9.17) is 0 Å². The number of hydrogen-bond acceptors (Lipinski definition) is 7. The first-order valence-corrected chi connectivity index (χ1v) is 10.5. The average Bonchev–Trinajstić information content (AvgIpc) is 3.10. The molecule has 4 rings (SSSR count). The molecule has 0 atom stereocenters. The lowest BCUT2D eigenvalue weighted by atomic mass is 9.99. The maximum absolute atomic E-state index is 12.6. The lowest BCUT2D eigenvalue weighted by molar-refractivity contribution is -0.134. The number of anilines is 1. The van der Waals surface area contributed by atoms with Crippen LogP contribution in [0.2, 0.25) is 0 Å². The molecule has 4 heterocycles. The molecule has 8 nitrogen and oxygen atoms in total. The number of piperidine rings is 1. The molecule has 1 saturated heterocycles. The van der Waals surface area contributed by atoms with Gasteiger partial charge in [0.05, 0.1) is 18.4 Å². The molecule has 0 aliphatic carbocycles. The van der Waals surface area contributed by atoms with Crippen molar-refractivity contribution in [3.8, 4) is 0 Å². The Hall–Kier alpha value is -2.39. The van der Waals surface area contributed by atoms with Gasteiger partial charge < -0.3 is 4.90 Å². The third-order valence-corrected chi connectivity index (χ3v) is 6.32. The summed E-state index contributed by atoms with van der Waals surface area (Å²) in [6, 6.07) is 0. The molecule has 2 aliphatic heterocycles. The van der Waals surface area contributed by atoms with Gasteiger partial charge in [0.25, 0.3) is 5.91 Å². The summed E-state index contributed by atoms with van der Waals surface area (Å²) in [4.78, 5) is 42.6. The Morgan fingerprint density at radius 3 is 2.82 bits per heavy atom. The summed E-state index contributed by atoms with van der Waals surface area (Å²) >= 11 is 1.47. The summed E-state index contributed by atoms with van der Waals surface area (Å²) < 4.78 is 0. The van der Waals surface area contributed by atoms with Gasteiger partial charge in [-0.15, -0.1) is 11.3 Å². The second-order valence-corrected chi connectivity index (χ2v) is 8.54. The zero-order valence-corrected chi connectivity index (χ0v) is 16.7. The van der Waals surface area contributed by atoms with Crippen LogP contribution in [0.3, 0.4) is 0 Å². The van der Waals surface area contributed by atoms with E-state index in [1.165, 1.54) is 29.9 Å². The fourth-order valence-electron chi connectivity index (χ4n) is 3.56. The van der Waals surface area contributed by atoms with Crippen LogP contribution >= 0.6 is 11.3 Å². The Balaban J connectivity index is 1.34. The molecular formula is C19H24N6O2S. The smallest absolute Gasteiger partial charge is 0.277 e. The molecule has 2 amide bonds. The fraction of sp³-hybridized carbons (Fsp3) is 0.526. The monoisotopic (exact) mass is 400 g/mol. The highest BCUT2D eigenvalue weighted by Gasteiger charge is 2.26. The fourth-order valence-corrected chi connectivity index (χ4v) is 4.61. The van der Waals surface area contributed by atoms with Crippen molar-refractivity contribution in [1.29, 1.82) is 0 Å². The first-order chi connectivity index (χ1) is 13.6. The maximum Gasteiger partial charge on any atom is 0.277 e. The highest BCUT2D eigenvalue weighted by molar-refractivity contribution is 7.15. The normalized spacial score (nSPS) is 18.0. The van der Waals surface area contributed by atoms with Crippen LogP contribution in [-0.2, 0) is 17.8 Å². The zero-order chi connectivity index (χ0) is 19.5. The average molecular weight is 401 g/mol. The van der Waals surface area contributed by atoms with Gasteiger partial charge in [0.2, 0.25) is 5.91 Å². The molecule has 0 spiro atoms. The Morgan fingerprint density at radius 2 is 2.07 bits per heavy atom. The molecule has 148 valence electrons. The van der Waals surface area contributed by atoms with Crippen LogP contribution in [0.4, 0.5) is 5.13 Å². The van der Waals surface area contributed by atoms with Gasteiger partial charge in [0.1, 0.15) is 5.69 Å². The van der Waals surface area contributed by atoms with E-state index < -0.39 is 0 Å². The van der Waals surface area contributed by atoms with E-state index in [-0.39, 0.29) is 17.5 Å². The van der Waals surface area contributed by atoms with Gasteiger partial charge in [-0.3, -0.25) is 24.8 Å². The van der Waals surface area contributed by atoms with Gasteiger partial charge in [-0.1, -0.05) is 6.92 Å². The van der Waals surface area contributed by atoms with Crippen molar-refractivity contribution in [2.45, 2.75) is 32.7 Å². The molecule has 2 aromatic heterocycles. The molecule has 0 radical (unpaired) electrons. The second kappa shape index (κ2) is 8.32. The number of fused-ring (bicyclic) bond motifs is 1. The minimum Gasteiger partial charge on any atom is -0.342 e. The third-order valence-electron chi connectivity index (χ3n) is 5.32. The van der Waals surface area contributed by atoms with Crippen LogP contribution in [0.15, 0.2) is 18.6 Å². The Bertz CT molecular complexity index is 847. The van der Waals surface area contributed by atoms with Crippen LogP contribution in [-0.4, -0.2) is 62.7 Å². The first kappa shape index (κ1) is 18.9. The minimum atomic E-state index is -0.314. The Kier molecular flexibility index (Phi) is 5.63. The molecule has 2 aromatic rings. The molecule has 0 unspecified atom stereocenters. The van der Waals surface area contributed by atoms with Crippen LogP contribution in [0.5, 0.6) is 0 Å². The number of nitrogens with one attached hydrogen (secondary N) is 1. The Labute approximate surface area is 168 Å². The number of nitrogens with zero attached hydrogens (tertiary/aromatic N) is 5. The van der Waals surface area contributed by atoms with E-state index >= 15 is 0 Å². The molecule has 1 fully saturated rings. The number of amides is 2. The second-order valence-electron chi connectivity index (χ2n) is 7.46. The van der Waals surface area contributed by atoms with E-state index in [0.29, 0.717) is 24.1 Å². The summed E-state index contributed by atoms with van der Waals surface area (Å²) in [6.45, 7) is 5.95. The molecule has 0 bridgehead atoms. The predicted molar refractivity (Wildman–Crippen MR) is 106 cm³/mol. The van der Waals surface area contributed by atoms with Crippen molar-refractivity contribution in [1.82, 2.24) is 24.8 Å². The number of thiazole rings is 1. The highest BCUT2D eigenvalue weighted by atomic mass is 32.1. The van der Waals surface area contributed by atoms with Crippen molar-refractivity contribution in [3.05, 3.63) is 34.9 Å². The zero-order valence-electron chi connectivity index (χ0n) is 15.9. The number of hydrogen-bond donors (Lipinski definition) is 1. The molecule has 1 N–H and O–H groups in total. The summed E-state index contributed by atoms with van der Waals surface area (Å²) in [5.74, 6) is 0.621. The standard InChI is InChI=1S/C19H24N6O2S/c1-13-2-8-25(9-3-13)17(26)12-24-7-4-14-16(11-24)28-19(22-14)23-18(27)15-10-20-5-6-21-15/h5-6,10,13H,2-4,7-9,11-12H2,1H3,(H,22,23,27). The Morgan fingerprint density at radius 1 is 1.25 bits per heavy atom. The molecular weight excluding hydrogens is 376 g/mol. The number of rotatable bonds is 4. The SMILES string of the molecule is CC1CCN(C(=O)CN2CCc3nc(NC(=O)c4cnccn4)sc3C2)CC1. The lowest BCUT2D eigenvalue weighted by Gasteiger charge is -2.33. The van der Waals surface area contributed by atoms with Gasteiger partial charge in [-0.2, -0.15) is 0 Å². The number of aromatic nitrogens is 3. The first-order valence-electron chi connectivity index (χ1n) is 9.64.